The molecule has 0 aliphatic rings. The maximum absolute atomic E-state index is 13.2. The monoisotopic (exact) mass is 362 g/mol. The number of aryl methyl sites for hydroxylation is 2. The maximum atomic E-state index is 13.2. The zero-order valence-corrected chi connectivity index (χ0v) is 15.1. The number of hydrogen-bond acceptors (Lipinski definition) is 6. The molecule has 0 aliphatic carbocycles. The summed E-state index contributed by atoms with van der Waals surface area (Å²) in [5.41, 5.74) is 1.35. The molecule has 0 amide bonds. The van der Waals surface area contributed by atoms with Gasteiger partial charge in [0.25, 0.3) is 0 Å². The van der Waals surface area contributed by atoms with E-state index in [-0.39, 0.29) is 21.3 Å². The Balaban J connectivity index is 2.71. The first-order valence-electron chi connectivity index (χ1n) is 7.44. The molecule has 0 N–H and O–H groups in total. The molecule has 0 atom stereocenters. The van der Waals surface area contributed by atoms with E-state index < -0.39 is 21.8 Å². The number of ether oxygens (including phenoxy) is 2. The number of esters is 2. The Labute approximate surface area is 146 Å². The minimum absolute atomic E-state index is 0.0756. The molecule has 0 radical (unpaired) electrons. The van der Waals surface area contributed by atoms with Gasteiger partial charge < -0.3 is 9.47 Å². The molecule has 0 unspecified atom stereocenters. The van der Waals surface area contributed by atoms with Crippen LogP contribution in [0.2, 0.25) is 0 Å². The summed E-state index contributed by atoms with van der Waals surface area (Å²) >= 11 is 0. The van der Waals surface area contributed by atoms with Crippen molar-refractivity contribution in [1.82, 2.24) is 0 Å². The third-order valence-corrected chi connectivity index (χ3v) is 5.08. The Kier molecular flexibility index (Phi) is 5.27. The lowest BCUT2D eigenvalue weighted by Crippen LogP contribution is -2.12. The topological polar surface area (TPSA) is 86.7 Å². The van der Waals surface area contributed by atoms with Crippen molar-refractivity contribution in [3.8, 4) is 11.5 Å². The molecule has 2 rings (SSSR count). The molecule has 132 valence electrons. The molecular weight excluding hydrogens is 344 g/mol. The van der Waals surface area contributed by atoms with E-state index in [0.717, 1.165) is 0 Å². The summed E-state index contributed by atoms with van der Waals surface area (Å²) in [4.78, 5) is 22.3. The second kappa shape index (κ2) is 7.06. The Morgan fingerprint density at radius 1 is 0.760 bits per heavy atom. The molecule has 2 aromatic rings. The number of rotatable bonds is 4. The van der Waals surface area contributed by atoms with E-state index in [1.54, 1.807) is 26.0 Å². The highest BCUT2D eigenvalue weighted by molar-refractivity contribution is 7.91. The van der Waals surface area contributed by atoms with Gasteiger partial charge in [0.2, 0.25) is 9.84 Å². The van der Waals surface area contributed by atoms with E-state index in [2.05, 4.69) is 0 Å². The first kappa shape index (κ1) is 18.7. The van der Waals surface area contributed by atoms with E-state index in [1.165, 1.54) is 38.1 Å². The van der Waals surface area contributed by atoms with Gasteiger partial charge in [-0.25, -0.2) is 8.42 Å². The van der Waals surface area contributed by atoms with Crippen molar-refractivity contribution in [2.24, 2.45) is 0 Å². The largest absolute Gasteiger partial charge is 0.425 e. The number of benzene rings is 2. The summed E-state index contributed by atoms with van der Waals surface area (Å²) in [6.45, 7) is 5.82. The van der Waals surface area contributed by atoms with Crippen molar-refractivity contribution in [2.75, 3.05) is 0 Å². The van der Waals surface area contributed by atoms with Crippen LogP contribution < -0.4 is 9.47 Å². The molecule has 0 spiro atoms. The highest BCUT2D eigenvalue weighted by Crippen LogP contribution is 2.35. The molecule has 0 heterocycles. The van der Waals surface area contributed by atoms with Gasteiger partial charge in [0.1, 0.15) is 21.3 Å². The minimum Gasteiger partial charge on any atom is -0.425 e. The summed E-state index contributed by atoms with van der Waals surface area (Å²) < 4.78 is 36.4. The van der Waals surface area contributed by atoms with Crippen LogP contribution in [0.15, 0.2) is 46.2 Å². The van der Waals surface area contributed by atoms with Crippen molar-refractivity contribution in [3.05, 3.63) is 47.5 Å². The van der Waals surface area contributed by atoms with Crippen molar-refractivity contribution in [1.29, 1.82) is 0 Å². The van der Waals surface area contributed by atoms with Gasteiger partial charge in [-0.15, -0.1) is 0 Å². The van der Waals surface area contributed by atoms with Crippen molar-refractivity contribution >= 4 is 21.8 Å². The lowest BCUT2D eigenvalue weighted by molar-refractivity contribution is -0.133. The molecule has 2 aromatic carbocycles. The molecular formula is C18H18O6S. The van der Waals surface area contributed by atoms with E-state index >= 15 is 0 Å². The lowest BCUT2D eigenvalue weighted by atomic mass is 10.2. The van der Waals surface area contributed by atoms with Crippen LogP contribution in [0.4, 0.5) is 0 Å². The minimum atomic E-state index is -4.09. The van der Waals surface area contributed by atoms with Crippen LogP contribution in [-0.4, -0.2) is 20.4 Å². The van der Waals surface area contributed by atoms with Crippen molar-refractivity contribution in [2.45, 2.75) is 37.5 Å². The number of carbonyl (C=O) groups excluding carboxylic acids is 2. The summed E-state index contributed by atoms with van der Waals surface area (Å²) in [5.74, 6) is -1.42. The zero-order valence-electron chi connectivity index (χ0n) is 14.3. The smallest absolute Gasteiger partial charge is 0.308 e. The normalized spacial score (nSPS) is 11.0. The van der Waals surface area contributed by atoms with Crippen molar-refractivity contribution < 1.29 is 27.5 Å². The van der Waals surface area contributed by atoms with Crippen LogP contribution in [-0.2, 0) is 19.4 Å². The third kappa shape index (κ3) is 4.24. The molecule has 0 fully saturated rings. The summed E-state index contributed by atoms with van der Waals surface area (Å²) in [7, 11) is -4.09. The predicted molar refractivity (Wildman–Crippen MR) is 90.4 cm³/mol. The van der Waals surface area contributed by atoms with Crippen LogP contribution in [0.25, 0.3) is 0 Å². The second-order valence-corrected chi connectivity index (χ2v) is 7.48. The first-order chi connectivity index (χ1) is 11.6. The third-order valence-electron chi connectivity index (χ3n) is 3.28. The van der Waals surface area contributed by atoms with Crippen LogP contribution >= 0.6 is 0 Å². The maximum Gasteiger partial charge on any atom is 0.308 e. The summed E-state index contributed by atoms with van der Waals surface area (Å²) in [6.07, 6.45) is 0. The quantitative estimate of drug-likeness (QED) is 0.614. The number of sulfone groups is 1. The fourth-order valence-electron chi connectivity index (χ4n) is 2.25. The van der Waals surface area contributed by atoms with Crippen LogP contribution in [0.5, 0.6) is 11.5 Å². The Bertz CT molecular complexity index is 873. The van der Waals surface area contributed by atoms with E-state index in [0.29, 0.717) is 11.1 Å². The molecule has 25 heavy (non-hydrogen) atoms. The van der Waals surface area contributed by atoms with Gasteiger partial charge in [-0.2, -0.15) is 0 Å². The second-order valence-electron chi connectivity index (χ2n) is 5.59. The van der Waals surface area contributed by atoms with Crippen LogP contribution in [0.3, 0.4) is 0 Å². The molecule has 7 heteroatoms. The highest BCUT2D eigenvalue weighted by Gasteiger charge is 2.27. The lowest BCUT2D eigenvalue weighted by Gasteiger charge is -2.14. The fraction of sp³-hybridized carbons (Fsp3) is 0.222. The average Bonchev–Trinajstić information content (AvgIpc) is 2.49. The first-order valence-corrected chi connectivity index (χ1v) is 8.93. The van der Waals surface area contributed by atoms with Gasteiger partial charge >= 0.3 is 11.9 Å². The number of carbonyl (C=O) groups is 2. The number of hydrogen-bond donors (Lipinski definition) is 0. The van der Waals surface area contributed by atoms with Crippen molar-refractivity contribution in [3.63, 3.8) is 0 Å². The van der Waals surface area contributed by atoms with E-state index in [1.807, 2.05) is 0 Å². The Morgan fingerprint density at radius 2 is 1.12 bits per heavy atom. The van der Waals surface area contributed by atoms with Crippen LogP contribution in [0.1, 0.15) is 25.0 Å². The average molecular weight is 362 g/mol. The van der Waals surface area contributed by atoms with Gasteiger partial charge in [0.05, 0.1) is 0 Å². The summed E-state index contributed by atoms with van der Waals surface area (Å²) in [6, 6.07) is 8.94. The molecule has 6 nitrogen and oxygen atoms in total. The molecule has 0 aromatic heterocycles. The SMILES string of the molecule is CC(=O)Oc1ccc(C)cc1S(=O)(=O)c1cc(C)ccc1OC(C)=O. The molecule has 0 aliphatic heterocycles. The Morgan fingerprint density at radius 3 is 1.44 bits per heavy atom. The van der Waals surface area contributed by atoms with Gasteiger partial charge in [-0.3, -0.25) is 9.59 Å². The molecule has 0 saturated carbocycles. The Hall–Kier alpha value is -2.67. The molecule has 0 saturated heterocycles. The highest BCUT2D eigenvalue weighted by atomic mass is 32.2. The zero-order chi connectivity index (χ0) is 18.8. The van der Waals surface area contributed by atoms with Gasteiger partial charge in [0.15, 0.2) is 0 Å². The summed E-state index contributed by atoms with van der Waals surface area (Å²) in [5, 5.41) is 0. The molecule has 0 bridgehead atoms. The standard InChI is InChI=1S/C18H18O6S/c1-11-5-7-15(23-13(3)19)17(9-11)25(21,22)18-10-12(2)6-8-16(18)24-14(4)20/h5-10H,1-4H3. The van der Waals surface area contributed by atoms with E-state index in [9.17, 15) is 18.0 Å². The van der Waals surface area contributed by atoms with Gasteiger partial charge in [0, 0.05) is 13.8 Å². The van der Waals surface area contributed by atoms with Crippen LogP contribution in [0, 0.1) is 13.8 Å². The fourth-order valence-corrected chi connectivity index (χ4v) is 3.92. The van der Waals surface area contributed by atoms with Gasteiger partial charge in [-0.05, 0) is 49.2 Å². The van der Waals surface area contributed by atoms with Gasteiger partial charge in [-0.1, -0.05) is 12.1 Å². The predicted octanol–water partition coefficient (Wildman–Crippen LogP) is 2.99. The van der Waals surface area contributed by atoms with E-state index in [4.69, 9.17) is 9.47 Å².